The van der Waals surface area contributed by atoms with E-state index >= 15 is 0 Å². The van der Waals surface area contributed by atoms with Gasteiger partial charge in [0.25, 0.3) is 5.91 Å². The Morgan fingerprint density at radius 1 is 1.17 bits per heavy atom. The molecule has 3 aromatic rings. The Bertz CT molecular complexity index is 824. The lowest BCUT2D eigenvalue weighted by atomic mass is 10.1. The molecule has 1 heterocycles. The molecule has 0 unspecified atom stereocenters. The van der Waals surface area contributed by atoms with E-state index in [0.717, 1.165) is 15.6 Å². The van der Waals surface area contributed by atoms with Crippen molar-refractivity contribution in [1.29, 1.82) is 0 Å². The number of carbonyl (C=O) groups is 1. The van der Waals surface area contributed by atoms with Gasteiger partial charge in [-0.1, -0.05) is 45.8 Å². The minimum Gasteiger partial charge on any atom is -0.307 e. The van der Waals surface area contributed by atoms with Gasteiger partial charge in [0.15, 0.2) is 0 Å². The topological polar surface area (TPSA) is 46.9 Å². The fourth-order valence-electron chi connectivity index (χ4n) is 2.30. The molecule has 4 nitrogen and oxygen atoms in total. The van der Waals surface area contributed by atoms with Crippen molar-refractivity contribution in [2.24, 2.45) is 0 Å². The molecule has 2 aromatic carbocycles. The summed E-state index contributed by atoms with van der Waals surface area (Å²) in [6, 6.07) is 17.3. The van der Waals surface area contributed by atoms with E-state index < -0.39 is 0 Å². The van der Waals surface area contributed by atoms with Crippen LogP contribution in [0.4, 0.5) is 5.82 Å². The average molecular weight is 370 g/mol. The van der Waals surface area contributed by atoms with Gasteiger partial charge in [-0.25, -0.2) is 4.68 Å². The Labute approximate surface area is 143 Å². The lowest BCUT2D eigenvalue weighted by molar-refractivity contribution is 0.102. The Morgan fingerprint density at radius 3 is 2.70 bits per heavy atom. The molecule has 1 aromatic heterocycles. The first-order valence-corrected chi connectivity index (χ1v) is 8.05. The lowest BCUT2D eigenvalue weighted by Gasteiger charge is -2.09. The maximum Gasteiger partial charge on any atom is 0.256 e. The third kappa shape index (κ3) is 3.87. The second-order valence-electron chi connectivity index (χ2n) is 5.32. The van der Waals surface area contributed by atoms with Gasteiger partial charge in [0, 0.05) is 16.1 Å². The number of halogens is 1. The van der Waals surface area contributed by atoms with Crippen molar-refractivity contribution in [2.75, 3.05) is 5.32 Å². The fraction of sp³-hybridized carbons (Fsp3) is 0.111. The van der Waals surface area contributed by atoms with Gasteiger partial charge in [-0.2, -0.15) is 5.10 Å². The van der Waals surface area contributed by atoms with E-state index in [1.54, 1.807) is 23.0 Å². The highest BCUT2D eigenvalue weighted by Gasteiger charge is 2.10. The van der Waals surface area contributed by atoms with Gasteiger partial charge in [-0.05, 0) is 36.8 Å². The van der Waals surface area contributed by atoms with E-state index in [0.29, 0.717) is 17.9 Å². The molecule has 0 aliphatic rings. The number of aromatic nitrogens is 2. The molecular formula is C18H16BrN3O. The molecule has 0 aliphatic carbocycles. The van der Waals surface area contributed by atoms with Crippen molar-refractivity contribution in [2.45, 2.75) is 13.5 Å². The fourth-order valence-corrected chi connectivity index (χ4v) is 2.57. The first-order chi connectivity index (χ1) is 11.1. The van der Waals surface area contributed by atoms with E-state index in [-0.39, 0.29) is 5.91 Å². The molecule has 0 spiro atoms. The Kier molecular flexibility index (Phi) is 4.57. The predicted molar refractivity (Wildman–Crippen MR) is 94.6 cm³/mol. The molecule has 0 bridgehead atoms. The number of hydrogen-bond donors (Lipinski definition) is 1. The summed E-state index contributed by atoms with van der Waals surface area (Å²) >= 11 is 3.42. The van der Waals surface area contributed by atoms with Gasteiger partial charge in [0.05, 0.1) is 12.7 Å². The number of nitrogens with one attached hydrogen (secondary N) is 1. The van der Waals surface area contributed by atoms with Crippen molar-refractivity contribution in [3.05, 3.63) is 82.0 Å². The normalized spacial score (nSPS) is 10.5. The third-order valence-corrected chi connectivity index (χ3v) is 4.01. The molecule has 116 valence electrons. The van der Waals surface area contributed by atoms with Crippen LogP contribution < -0.4 is 5.32 Å². The number of hydrogen-bond acceptors (Lipinski definition) is 2. The first-order valence-electron chi connectivity index (χ1n) is 7.26. The van der Waals surface area contributed by atoms with Crippen LogP contribution in [0.15, 0.2) is 65.3 Å². The largest absolute Gasteiger partial charge is 0.307 e. The molecule has 3 rings (SSSR count). The van der Waals surface area contributed by atoms with Gasteiger partial charge in [-0.3, -0.25) is 4.79 Å². The highest BCUT2D eigenvalue weighted by Crippen LogP contribution is 2.15. The number of amides is 1. The van der Waals surface area contributed by atoms with E-state index in [9.17, 15) is 4.79 Å². The number of benzene rings is 2. The van der Waals surface area contributed by atoms with Crippen LogP contribution in [-0.2, 0) is 6.54 Å². The zero-order valence-corrected chi connectivity index (χ0v) is 14.2. The van der Waals surface area contributed by atoms with Crippen LogP contribution in [0.5, 0.6) is 0 Å². The summed E-state index contributed by atoms with van der Waals surface area (Å²) in [4.78, 5) is 12.4. The van der Waals surface area contributed by atoms with Crippen LogP contribution in [0.3, 0.4) is 0 Å². The van der Waals surface area contributed by atoms with Crippen molar-refractivity contribution >= 4 is 27.7 Å². The number of carbonyl (C=O) groups excluding carboxylic acids is 1. The van der Waals surface area contributed by atoms with Crippen LogP contribution in [0, 0.1) is 6.92 Å². The van der Waals surface area contributed by atoms with E-state index in [1.807, 2.05) is 49.4 Å². The quantitative estimate of drug-likeness (QED) is 0.746. The van der Waals surface area contributed by atoms with Crippen LogP contribution in [0.1, 0.15) is 21.5 Å². The van der Waals surface area contributed by atoms with E-state index in [4.69, 9.17) is 0 Å². The maximum absolute atomic E-state index is 12.4. The van der Waals surface area contributed by atoms with Gasteiger partial charge in [0.1, 0.15) is 5.82 Å². The highest BCUT2D eigenvalue weighted by molar-refractivity contribution is 9.10. The molecule has 0 aliphatic heterocycles. The Morgan fingerprint density at radius 2 is 1.96 bits per heavy atom. The minimum absolute atomic E-state index is 0.133. The molecular weight excluding hydrogens is 354 g/mol. The summed E-state index contributed by atoms with van der Waals surface area (Å²) in [5.74, 6) is 0.547. The summed E-state index contributed by atoms with van der Waals surface area (Å²) < 4.78 is 2.81. The van der Waals surface area contributed by atoms with Crippen LogP contribution in [0.2, 0.25) is 0 Å². The lowest BCUT2D eigenvalue weighted by Crippen LogP contribution is -2.16. The number of anilines is 1. The number of nitrogens with zero attached hydrogens (tertiary/aromatic N) is 2. The molecule has 0 saturated carbocycles. The third-order valence-electron chi connectivity index (χ3n) is 3.48. The van der Waals surface area contributed by atoms with Crippen molar-refractivity contribution < 1.29 is 4.79 Å². The standard InChI is InChI=1S/C18H16BrN3O/c1-13-3-2-4-15(11-13)18(23)21-17-9-10-20-22(17)12-14-5-7-16(19)8-6-14/h2-11H,12H2,1H3,(H,21,23). The van der Waals surface area contributed by atoms with Crippen molar-refractivity contribution in [3.8, 4) is 0 Å². The summed E-state index contributed by atoms with van der Waals surface area (Å²) in [7, 11) is 0. The molecule has 5 heteroatoms. The van der Waals surface area contributed by atoms with E-state index in [1.165, 1.54) is 0 Å². The smallest absolute Gasteiger partial charge is 0.256 e. The van der Waals surface area contributed by atoms with Gasteiger partial charge in [0.2, 0.25) is 0 Å². The van der Waals surface area contributed by atoms with Crippen LogP contribution >= 0.6 is 15.9 Å². The summed E-state index contributed by atoms with van der Waals surface area (Å²) in [5, 5.41) is 7.21. The van der Waals surface area contributed by atoms with Gasteiger partial charge in [-0.15, -0.1) is 0 Å². The molecule has 0 fully saturated rings. The molecule has 0 atom stereocenters. The van der Waals surface area contributed by atoms with Crippen LogP contribution in [-0.4, -0.2) is 15.7 Å². The van der Waals surface area contributed by atoms with Crippen molar-refractivity contribution in [1.82, 2.24) is 9.78 Å². The SMILES string of the molecule is Cc1cccc(C(=O)Nc2ccnn2Cc2ccc(Br)cc2)c1. The molecule has 0 saturated heterocycles. The second-order valence-corrected chi connectivity index (χ2v) is 6.24. The zero-order valence-electron chi connectivity index (χ0n) is 12.7. The predicted octanol–water partition coefficient (Wildman–Crippen LogP) is 4.25. The number of aryl methyl sites for hydroxylation is 1. The molecule has 23 heavy (non-hydrogen) atoms. The summed E-state index contributed by atoms with van der Waals surface area (Å²) in [6.07, 6.45) is 1.69. The molecule has 1 N–H and O–H groups in total. The zero-order chi connectivity index (χ0) is 16.2. The Balaban J connectivity index is 1.75. The van der Waals surface area contributed by atoms with Gasteiger partial charge >= 0.3 is 0 Å². The summed E-state index contributed by atoms with van der Waals surface area (Å²) in [5.41, 5.74) is 2.81. The molecule has 0 radical (unpaired) electrons. The first kappa shape index (κ1) is 15.5. The van der Waals surface area contributed by atoms with Crippen molar-refractivity contribution in [3.63, 3.8) is 0 Å². The maximum atomic E-state index is 12.4. The number of rotatable bonds is 4. The average Bonchev–Trinajstić information content (AvgIpc) is 2.96. The van der Waals surface area contributed by atoms with E-state index in [2.05, 4.69) is 26.3 Å². The Hall–Kier alpha value is -2.40. The summed E-state index contributed by atoms with van der Waals surface area (Å²) in [6.45, 7) is 2.57. The highest BCUT2D eigenvalue weighted by atomic mass is 79.9. The monoisotopic (exact) mass is 369 g/mol. The van der Waals surface area contributed by atoms with Gasteiger partial charge < -0.3 is 5.32 Å². The van der Waals surface area contributed by atoms with Crippen LogP contribution in [0.25, 0.3) is 0 Å². The molecule has 1 amide bonds. The second kappa shape index (κ2) is 6.79. The minimum atomic E-state index is -0.133.